The van der Waals surface area contributed by atoms with Crippen molar-refractivity contribution in [2.75, 3.05) is 0 Å². The van der Waals surface area contributed by atoms with Gasteiger partial charge in [-0.25, -0.2) is 4.39 Å². The fourth-order valence-electron chi connectivity index (χ4n) is 1.43. The molecule has 0 fully saturated rings. The molecule has 0 aliphatic carbocycles. The molecule has 0 amide bonds. The molecular formula is C12H8ClFN2O3. The molecule has 0 atom stereocenters. The monoisotopic (exact) mass is 282 g/mol. The lowest BCUT2D eigenvalue weighted by Crippen LogP contribution is -2.01. The van der Waals surface area contributed by atoms with E-state index in [-0.39, 0.29) is 18.0 Å². The first-order valence-corrected chi connectivity index (χ1v) is 5.61. The van der Waals surface area contributed by atoms with Crippen molar-refractivity contribution < 1.29 is 14.1 Å². The minimum absolute atomic E-state index is 0.0369. The van der Waals surface area contributed by atoms with Crippen molar-refractivity contribution in [1.29, 1.82) is 0 Å². The maximum atomic E-state index is 13.1. The molecule has 1 heterocycles. The highest BCUT2D eigenvalue weighted by atomic mass is 35.5. The molecule has 0 unspecified atom stereocenters. The van der Waals surface area contributed by atoms with Gasteiger partial charge in [-0.1, -0.05) is 11.6 Å². The van der Waals surface area contributed by atoms with Crippen molar-refractivity contribution in [3.63, 3.8) is 0 Å². The van der Waals surface area contributed by atoms with Crippen LogP contribution in [0.2, 0.25) is 5.02 Å². The third kappa shape index (κ3) is 3.38. The zero-order valence-corrected chi connectivity index (χ0v) is 10.3. The number of nitrogens with zero attached hydrogens (tertiary/aromatic N) is 2. The summed E-state index contributed by atoms with van der Waals surface area (Å²) in [5.74, 6) is -0.758. The van der Waals surface area contributed by atoms with Crippen LogP contribution >= 0.6 is 11.6 Å². The van der Waals surface area contributed by atoms with Crippen LogP contribution in [0.5, 0.6) is 5.75 Å². The van der Waals surface area contributed by atoms with E-state index >= 15 is 0 Å². The number of halogens is 2. The molecule has 5 nitrogen and oxygen atoms in total. The minimum Gasteiger partial charge on any atom is -0.480 e. The number of pyridine rings is 1. The van der Waals surface area contributed by atoms with Gasteiger partial charge in [0.05, 0.1) is 10.6 Å². The van der Waals surface area contributed by atoms with Crippen molar-refractivity contribution in [3.8, 4) is 5.75 Å². The van der Waals surface area contributed by atoms with E-state index in [0.717, 1.165) is 18.2 Å². The summed E-state index contributed by atoms with van der Waals surface area (Å²) in [7, 11) is 0. The number of hydrogen-bond donors (Lipinski definition) is 0. The Hall–Kier alpha value is -2.21. The first-order chi connectivity index (χ1) is 9.06. The molecule has 7 heteroatoms. The number of rotatable bonds is 4. The molecule has 98 valence electrons. The van der Waals surface area contributed by atoms with E-state index in [9.17, 15) is 14.5 Å². The normalized spacial score (nSPS) is 10.2. The standard InChI is InChI=1S/C12H8ClFN2O3/c13-8-3-4-15-10(5-8)7-19-12-6-9(14)1-2-11(12)16(17)18/h1-6H,7H2. The smallest absolute Gasteiger partial charge is 0.311 e. The largest absolute Gasteiger partial charge is 0.480 e. The van der Waals surface area contributed by atoms with Gasteiger partial charge in [-0.2, -0.15) is 0 Å². The van der Waals surface area contributed by atoms with E-state index in [1.54, 1.807) is 12.1 Å². The topological polar surface area (TPSA) is 65.3 Å². The Morgan fingerprint density at radius 3 is 2.84 bits per heavy atom. The van der Waals surface area contributed by atoms with Crippen molar-refractivity contribution in [1.82, 2.24) is 4.98 Å². The molecule has 0 radical (unpaired) electrons. The Morgan fingerprint density at radius 1 is 1.37 bits per heavy atom. The van der Waals surface area contributed by atoms with Crippen molar-refractivity contribution in [2.45, 2.75) is 6.61 Å². The molecule has 0 saturated heterocycles. The molecule has 0 N–H and O–H groups in total. The third-order valence-corrected chi connectivity index (χ3v) is 2.51. The van der Waals surface area contributed by atoms with Crippen LogP contribution in [0, 0.1) is 15.9 Å². The number of hydrogen-bond acceptors (Lipinski definition) is 4. The number of aromatic nitrogens is 1. The van der Waals surface area contributed by atoms with E-state index in [0.29, 0.717) is 10.7 Å². The molecule has 2 aromatic rings. The summed E-state index contributed by atoms with van der Waals surface area (Å²) in [6, 6.07) is 6.17. The highest BCUT2D eigenvalue weighted by Gasteiger charge is 2.16. The summed E-state index contributed by atoms with van der Waals surface area (Å²) in [5.41, 5.74) is 0.189. The van der Waals surface area contributed by atoms with E-state index in [1.165, 1.54) is 6.20 Å². The highest BCUT2D eigenvalue weighted by Crippen LogP contribution is 2.28. The molecule has 0 aliphatic heterocycles. The molecular weight excluding hydrogens is 275 g/mol. The number of nitro benzene ring substituents is 1. The van der Waals surface area contributed by atoms with E-state index < -0.39 is 10.7 Å². The van der Waals surface area contributed by atoms with Crippen LogP contribution in [0.4, 0.5) is 10.1 Å². The SMILES string of the molecule is O=[N+]([O-])c1ccc(F)cc1OCc1cc(Cl)ccn1. The Kier molecular flexibility index (Phi) is 3.91. The lowest BCUT2D eigenvalue weighted by Gasteiger charge is -2.06. The van der Waals surface area contributed by atoms with Crippen LogP contribution < -0.4 is 4.74 Å². The predicted octanol–water partition coefficient (Wildman–Crippen LogP) is 3.36. The molecule has 1 aromatic heterocycles. The van der Waals surface area contributed by atoms with Gasteiger partial charge in [0.25, 0.3) is 0 Å². The van der Waals surface area contributed by atoms with Crippen LogP contribution in [0.3, 0.4) is 0 Å². The zero-order valence-electron chi connectivity index (χ0n) is 9.55. The van der Waals surface area contributed by atoms with Crippen LogP contribution in [0.1, 0.15) is 5.69 Å². The van der Waals surface area contributed by atoms with Crippen LogP contribution in [-0.4, -0.2) is 9.91 Å². The maximum absolute atomic E-state index is 13.1. The molecule has 1 aromatic carbocycles. The number of nitro groups is 1. The minimum atomic E-state index is -0.639. The predicted molar refractivity (Wildman–Crippen MR) is 66.6 cm³/mol. The van der Waals surface area contributed by atoms with Crippen molar-refractivity contribution in [3.05, 3.63) is 63.2 Å². The summed E-state index contributed by atoms with van der Waals surface area (Å²) in [6.45, 7) is -0.0369. The molecule has 0 spiro atoms. The quantitative estimate of drug-likeness (QED) is 0.637. The van der Waals surface area contributed by atoms with Gasteiger partial charge in [-0.15, -0.1) is 0 Å². The number of benzene rings is 1. The van der Waals surface area contributed by atoms with Crippen LogP contribution in [0.15, 0.2) is 36.5 Å². The molecule has 0 saturated carbocycles. The van der Waals surface area contributed by atoms with Crippen molar-refractivity contribution >= 4 is 17.3 Å². The van der Waals surface area contributed by atoms with Gasteiger partial charge in [0.1, 0.15) is 12.4 Å². The second-order valence-corrected chi connectivity index (χ2v) is 4.06. The first kappa shape index (κ1) is 13.2. The van der Waals surface area contributed by atoms with Gasteiger partial charge in [0, 0.05) is 23.4 Å². The van der Waals surface area contributed by atoms with Gasteiger partial charge in [-0.3, -0.25) is 15.1 Å². The van der Waals surface area contributed by atoms with E-state index in [4.69, 9.17) is 16.3 Å². The second kappa shape index (κ2) is 5.62. The third-order valence-electron chi connectivity index (χ3n) is 2.27. The molecule has 2 rings (SSSR count). The second-order valence-electron chi connectivity index (χ2n) is 3.62. The maximum Gasteiger partial charge on any atom is 0.311 e. The summed E-state index contributed by atoms with van der Waals surface area (Å²) in [6.07, 6.45) is 1.49. The fourth-order valence-corrected chi connectivity index (χ4v) is 1.62. The highest BCUT2D eigenvalue weighted by molar-refractivity contribution is 6.30. The fraction of sp³-hybridized carbons (Fsp3) is 0.0833. The van der Waals surface area contributed by atoms with Crippen LogP contribution in [-0.2, 0) is 6.61 Å². The van der Waals surface area contributed by atoms with Gasteiger partial charge in [0.2, 0.25) is 0 Å². The zero-order chi connectivity index (χ0) is 13.8. The molecule has 0 aliphatic rings. The average molecular weight is 283 g/mol. The molecule has 19 heavy (non-hydrogen) atoms. The molecule has 0 bridgehead atoms. The summed E-state index contributed by atoms with van der Waals surface area (Å²) in [4.78, 5) is 14.1. The van der Waals surface area contributed by atoms with Gasteiger partial charge < -0.3 is 4.74 Å². The Morgan fingerprint density at radius 2 is 2.16 bits per heavy atom. The van der Waals surface area contributed by atoms with Gasteiger partial charge >= 0.3 is 5.69 Å². The van der Waals surface area contributed by atoms with Gasteiger partial charge in [-0.05, 0) is 18.2 Å². The lowest BCUT2D eigenvalue weighted by molar-refractivity contribution is -0.386. The van der Waals surface area contributed by atoms with E-state index in [2.05, 4.69) is 4.98 Å². The Bertz CT molecular complexity index is 622. The van der Waals surface area contributed by atoms with Crippen molar-refractivity contribution in [2.24, 2.45) is 0 Å². The summed E-state index contributed by atoms with van der Waals surface area (Å²) < 4.78 is 18.3. The van der Waals surface area contributed by atoms with E-state index in [1.807, 2.05) is 0 Å². The number of ether oxygens (including phenoxy) is 1. The average Bonchev–Trinajstić information content (AvgIpc) is 2.36. The first-order valence-electron chi connectivity index (χ1n) is 5.23. The lowest BCUT2D eigenvalue weighted by atomic mass is 10.3. The van der Waals surface area contributed by atoms with Gasteiger partial charge in [0.15, 0.2) is 5.75 Å². The van der Waals surface area contributed by atoms with Crippen LogP contribution in [0.25, 0.3) is 0 Å². The summed E-state index contributed by atoms with van der Waals surface area (Å²) >= 11 is 5.77. The Labute approximate surface area is 112 Å². The summed E-state index contributed by atoms with van der Waals surface area (Å²) in [5, 5.41) is 11.2. The Balaban J connectivity index is 2.19.